The molecule has 2 aliphatic rings. The molecule has 178 valence electrons. The van der Waals surface area contributed by atoms with Crippen LogP contribution in [0.4, 0.5) is 4.39 Å². The first-order valence-corrected chi connectivity index (χ1v) is 12.6. The highest BCUT2D eigenvalue weighted by Gasteiger charge is 2.30. The lowest BCUT2D eigenvalue weighted by Gasteiger charge is -2.29. The largest absolute Gasteiger partial charge is 0.461 e. The third kappa shape index (κ3) is 5.00. The molecular formula is C29H33FN2O2. The molecule has 0 amide bonds. The van der Waals surface area contributed by atoms with Crippen LogP contribution in [0.15, 0.2) is 53.1 Å². The van der Waals surface area contributed by atoms with E-state index in [4.69, 9.17) is 4.42 Å². The number of hydrogen-bond donors (Lipinski definition) is 0. The number of nitrogens with zero attached hydrogens (tertiary/aromatic N) is 2. The Kier molecular flexibility index (Phi) is 6.91. The predicted molar refractivity (Wildman–Crippen MR) is 133 cm³/mol. The van der Waals surface area contributed by atoms with Gasteiger partial charge in [-0.05, 0) is 75.1 Å². The molecule has 0 N–H and O–H groups in total. The molecule has 2 aromatic heterocycles. The summed E-state index contributed by atoms with van der Waals surface area (Å²) in [6.45, 7) is 4.42. The lowest BCUT2D eigenvalue weighted by atomic mass is 9.79. The van der Waals surface area contributed by atoms with Gasteiger partial charge in [0.2, 0.25) is 0 Å². The number of benzene rings is 1. The Hall–Kier alpha value is -2.79. The number of rotatable bonds is 7. The van der Waals surface area contributed by atoms with E-state index in [2.05, 4.69) is 16.0 Å². The normalized spacial score (nSPS) is 18.7. The monoisotopic (exact) mass is 460 g/mol. The van der Waals surface area contributed by atoms with Crippen LogP contribution in [0, 0.1) is 18.7 Å². The molecule has 1 unspecified atom stereocenters. The van der Waals surface area contributed by atoms with Crippen molar-refractivity contribution in [1.29, 1.82) is 0 Å². The van der Waals surface area contributed by atoms with Gasteiger partial charge in [0.15, 0.2) is 0 Å². The average Bonchev–Trinajstić information content (AvgIpc) is 3.25. The molecule has 4 nitrogen and oxygen atoms in total. The van der Waals surface area contributed by atoms with Crippen molar-refractivity contribution in [3.63, 3.8) is 0 Å². The highest BCUT2D eigenvalue weighted by molar-refractivity contribution is 5.90. The van der Waals surface area contributed by atoms with Crippen molar-refractivity contribution < 1.29 is 13.6 Å². The summed E-state index contributed by atoms with van der Waals surface area (Å²) in [6, 6.07) is 10.9. The summed E-state index contributed by atoms with van der Waals surface area (Å²) in [5, 5.41) is 0.815. The molecule has 34 heavy (non-hydrogen) atoms. The van der Waals surface area contributed by atoms with Crippen molar-refractivity contribution in [2.75, 3.05) is 19.6 Å². The van der Waals surface area contributed by atoms with Gasteiger partial charge in [0.1, 0.15) is 22.9 Å². The third-order valence-electron chi connectivity index (χ3n) is 7.47. The van der Waals surface area contributed by atoms with Gasteiger partial charge in [0, 0.05) is 36.2 Å². The summed E-state index contributed by atoms with van der Waals surface area (Å²) in [7, 11) is 0. The molecule has 1 aliphatic carbocycles. The fourth-order valence-electron chi connectivity index (χ4n) is 5.64. The van der Waals surface area contributed by atoms with E-state index >= 15 is 0 Å². The van der Waals surface area contributed by atoms with Gasteiger partial charge in [-0.1, -0.05) is 31.4 Å². The van der Waals surface area contributed by atoms with Gasteiger partial charge in [0.05, 0.1) is 11.6 Å². The Balaban J connectivity index is 1.28. The number of carbonyl (C=O) groups is 1. The van der Waals surface area contributed by atoms with Crippen molar-refractivity contribution in [3.05, 3.63) is 71.5 Å². The zero-order chi connectivity index (χ0) is 23.5. The van der Waals surface area contributed by atoms with Crippen LogP contribution >= 0.6 is 0 Å². The van der Waals surface area contributed by atoms with Crippen molar-refractivity contribution in [3.8, 4) is 0 Å². The Bertz CT molecular complexity index is 1180. The number of aromatic nitrogens is 1. The van der Waals surface area contributed by atoms with Crippen LogP contribution in [0.2, 0.25) is 0 Å². The number of pyridine rings is 1. The molecule has 3 heterocycles. The van der Waals surface area contributed by atoms with Gasteiger partial charge in [-0.3, -0.25) is 14.7 Å². The second-order valence-corrected chi connectivity index (χ2v) is 9.84. The summed E-state index contributed by atoms with van der Waals surface area (Å²) in [4.78, 5) is 20.4. The first-order valence-electron chi connectivity index (χ1n) is 12.6. The molecule has 1 atom stereocenters. The Morgan fingerprint density at radius 3 is 2.79 bits per heavy atom. The number of ketones is 1. The quantitative estimate of drug-likeness (QED) is 0.394. The Morgan fingerprint density at radius 2 is 2.06 bits per heavy atom. The molecule has 5 heteroatoms. The van der Waals surface area contributed by atoms with E-state index in [9.17, 15) is 9.18 Å². The van der Waals surface area contributed by atoms with Gasteiger partial charge in [-0.15, -0.1) is 0 Å². The number of fused-ring (bicyclic) bond motifs is 1. The zero-order valence-electron chi connectivity index (χ0n) is 19.9. The first kappa shape index (κ1) is 23.0. The van der Waals surface area contributed by atoms with Crippen LogP contribution in [0.3, 0.4) is 0 Å². The maximum Gasteiger partial charge on any atom is 0.145 e. The first-order chi connectivity index (χ1) is 16.6. The standard InChI is InChI=1S/C29H33FN2O2/c1-20-17-23-18-24(30)19-26(29(23)34-20)21-10-14-32(15-11-21)16-12-25(27-9-5-6-13-31-27)28(33)22-7-3-2-4-8-22/h5-6,9-10,13,17-19,22,25H,2-4,7-8,11-12,14-16H2,1H3. The van der Waals surface area contributed by atoms with Crippen LogP contribution in [0.5, 0.6) is 0 Å². The second kappa shape index (κ2) is 10.2. The summed E-state index contributed by atoms with van der Waals surface area (Å²) >= 11 is 0. The molecule has 0 bridgehead atoms. The van der Waals surface area contributed by atoms with Gasteiger partial charge >= 0.3 is 0 Å². The van der Waals surface area contributed by atoms with E-state index in [1.165, 1.54) is 12.5 Å². The molecule has 0 radical (unpaired) electrons. The third-order valence-corrected chi connectivity index (χ3v) is 7.47. The van der Waals surface area contributed by atoms with Crippen LogP contribution < -0.4 is 0 Å². The molecule has 0 spiro atoms. The summed E-state index contributed by atoms with van der Waals surface area (Å²) in [5.74, 6) is 0.987. The van der Waals surface area contributed by atoms with Gasteiger partial charge in [0.25, 0.3) is 0 Å². The lowest BCUT2D eigenvalue weighted by Crippen LogP contribution is -2.33. The summed E-state index contributed by atoms with van der Waals surface area (Å²) < 4.78 is 20.1. The number of furan rings is 1. The SMILES string of the molecule is Cc1cc2cc(F)cc(C3=CCN(CCC(C(=O)C4CCCCC4)c4ccccn4)CC3)c2o1. The predicted octanol–water partition coefficient (Wildman–Crippen LogP) is 6.69. The van der Waals surface area contributed by atoms with E-state index < -0.39 is 0 Å². The van der Waals surface area contributed by atoms with Crippen LogP contribution in [-0.4, -0.2) is 35.3 Å². The highest BCUT2D eigenvalue weighted by Crippen LogP contribution is 2.34. The van der Waals surface area contributed by atoms with Crippen LogP contribution in [0.1, 0.15) is 67.9 Å². The van der Waals surface area contributed by atoms with E-state index in [0.29, 0.717) is 5.78 Å². The molecule has 0 saturated heterocycles. The number of carbonyl (C=O) groups excluding carboxylic acids is 1. The topological polar surface area (TPSA) is 46.3 Å². The van der Waals surface area contributed by atoms with Gasteiger partial charge < -0.3 is 4.42 Å². The minimum atomic E-state index is -0.231. The Labute approximate surface area is 200 Å². The minimum Gasteiger partial charge on any atom is -0.461 e. The van der Waals surface area contributed by atoms with Crippen molar-refractivity contribution >= 4 is 22.3 Å². The number of hydrogen-bond acceptors (Lipinski definition) is 4. The van der Waals surface area contributed by atoms with E-state index in [1.807, 2.05) is 31.2 Å². The molecule has 1 aromatic carbocycles. The van der Waals surface area contributed by atoms with Crippen molar-refractivity contribution in [1.82, 2.24) is 9.88 Å². The zero-order valence-corrected chi connectivity index (χ0v) is 19.9. The number of Topliss-reactive ketones (excluding diaryl/α,β-unsaturated/α-hetero) is 1. The average molecular weight is 461 g/mol. The van der Waals surface area contributed by atoms with E-state index in [-0.39, 0.29) is 17.7 Å². The fourth-order valence-corrected chi connectivity index (χ4v) is 5.64. The smallest absolute Gasteiger partial charge is 0.145 e. The maximum absolute atomic E-state index is 14.2. The molecular weight excluding hydrogens is 427 g/mol. The molecule has 1 saturated carbocycles. The van der Waals surface area contributed by atoms with E-state index in [1.54, 1.807) is 12.3 Å². The maximum atomic E-state index is 14.2. The van der Waals surface area contributed by atoms with Crippen LogP contribution in [0.25, 0.3) is 16.5 Å². The summed E-state index contributed by atoms with van der Waals surface area (Å²) in [5.41, 5.74) is 3.67. The molecule has 3 aromatic rings. The molecule has 1 fully saturated rings. The second-order valence-electron chi connectivity index (χ2n) is 9.84. The van der Waals surface area contributed by atoms with Crippen molar-refractivity contribution in [2.24, 2.45) is 5.92 Å². The lowest BCUT2D eigenvalue weighted by molar-refractivity contribution is -0.125. The summed E-state index contributed by atoms with van der Waals surface area (Å²) in [6.07, 6.45) is 11.2. The Morgan fingerprint density at radius 1 is 1.21 bits per heavy atom. The molecule has 5 rings (SSSR count). The highest BCUT2D eigenvalue weighted by atomic mass is 19.1. The number of aryl methyl sites for hydroxylation is 1. The minimum absolute atomic E-state index is 0.136. The molecule has 1 aliphatic heterocycles. The van der Waals surface area contributed by atoms with Gasteiger partial charge in [-0.25, -0.2) is 4.39 Å². The fraction of sp³-hybridized carbons (Fsp3) is 0.448. The number of halogens is 1. The van der Waals surface area contributed by atoms with Crippen LogP contribution in [-0.2, 0) is 4.79 Å². The van der Waals surface area contributed by atoms with Gasteiger partial charge in [-0.2, -0.15) is 0 Å². The van der Waals surface area contributed by atoms with Crippen molar-refractivity contribution in [2.45, 2.75) is 57.8 Å². The van der Waals surface area contributed by atoms with E-state index in [0.717, 1.165) is 91.7 Å².